The Morgan fingerprint density at radius 3 is 2.73 bits per heavy atom. The third-order valence-electron chi connectivity index (χ3n) is 3.15. The Morgan fingerprint density at radius 2 is 2.05 bits per heavy atom. The van der Waals surface area contributed by atoms with E-state index < -0.39 is 6.10 Å². The lowest BCUT2D eigenvalue weighted by Crippen LogP contribution is -2.30. The Balaban J connectivity index is 2.00. The van der Waals surface area contributed by atoms with E-state index in [1.807, 2.05) is 43.5 Å². The highest BCUT2D eigenvalue weighted by molar-refractivity contribution is 7.98. The maximum atomic E-state index is 12.2. The standard InChI is InChI=1S/C17H18ClNO2S/c1-11-9-14(7-8-16(11)18)21-12(2)17(20)19-13-5-4-6-15(10-13)22-3/h4-10,12H,1-3H3,(H,19,20). The van der Waals surface area contributed by atoms with Gasteiger partial charge in [-0.2, -0.15) is 0 Å². The second-order valence-corrected chi connectivity index (χ2v) is 6.18. The molecule has 0 saturated carbocycles. The van der Waals surface area contributed by atoms with Gasteiger partial charge >= 0.3 is 0 Å². The van der Waals surface area contributed by atoms with Crippen LogP contribution in [-0.4, -0.2) is 18.3 Å². The number of ether oxygens (including phenoxy) is 1. The molecule has 0 spiro atoms. The first kappa shape index (κ1) is 16.7. The first-order valence-corrected chi connectivity index (χ1v) is 8.47. The summed E-state index contributed by atoms with van der Waals surface area (Å²) in [7, 11) is 0. The minimum Gasteiger partial charge on any atom is -0.481 e. The quantitative estimate of drug-likeness (QED) is 0.799. The van der Waals surface area contributed by atoms with Crippen LogP contribution in [0.4, 0.5) is 5.69 Å². The van der Waals surface area contributed by atoms with Crippen molar-refractivity contribution < 1.29 is 9.53 Å². The number of halogens is 1. The fourth-order valence-electron chi connectivity index (χ4n) is 1.89. The zero-order valence-corrected chi connectivity index (χ0v) is 14.3. The normalized spacial score (nSPS) is 11.8. The van der Waals surface area contributed by atoms with Gasteiger partial charge in [0, 0.05) is 15.6 Å². The largest absolute Gasteiger partial charge is 0.481 e. The van der Waals surface area contributed by atoms with Crippen molar-refractivity contribution in [2.24, 2.45) is 0 Å². The molecule has 0 aliphatic rings. The smallest absolute Gasteiger partial charge is 0.265 e. The number of amides is 1. The van der Waals surface area contributed by atoms with Gasteiger partial charge in [0.2, 0.25) is 0 Å². The van der Waals surface area contributed by atoms with Gasteiger partial charge in [0.15, 0.2) is 6.10 Å². The highest BCUT2D eigenvalue weighted by atomic mass is 35.5. The number of carbonyl (C=O) groups excluding carboxylic acids is 1. The third kappa shape index (κ3) is 4.42. The lowest BCUT2D eigenvalue weighted by atomic mass is 10.2. The van der Waals surface area contributed by atoms with E-state index in [9.17, 15) is 4.79 Å². The summed E-state index contributed by atoms with van der Waals surface area (Å²) in [5, 5.41) is 3.54. The second kappa shape index (κ2) is 7.56. The first-order valence-electron chi connectivity index (χ1n) is 6.87. The Labute approximate surface area is 140 Å². The van der Waals surface area contributed by atoms with Gasteiger partial charge in [-0.25, -0.2) is 0 Å². The monoisotopic (exact) mass is 335 g/mol. The molecule has 0 aliphatic carbocycles. The van der Waals surface area contributed by atoms with Gasteiger partial charge in [0.05, 0.1) is 0 Å². The lowest BCUT2D eigenvalue weighted by Gasteiger charge is -2.15. The first-order chi connectivity index (χ1) is 10.5. The Kier molecular flexibility index (Phi) is 5.75. The molecule has 2 aromatic carbocycles. The van der Waals surface area contributed by atoms with Crippen molar-refractivity contribution in [1.82, 2.24) is 0 Å². The van der Waals surface area contributed by atoms with Gasteiger partial charge in [0.25, 0.3) is 5.91 Å². The van der Waals surface area contributed by atoms with Crippen LogP contribution in [0.25, 0.3) is 0 Å². The van der Waals surface area contributed by atoms with Gasteiger partial charge in [0.1, 0.15) is 5.75 Å². The Morgan fingerprint density at radius 1 is 1.27 bits per heavy atom. The molecule has 1 N–H and O–H groups in total. The van der Waals surface area contributed by atoms with Gasteiger partial charge < -0.3 is 10.1 Å². The summed E-state index contributed by atoms with van der Waals surface area (Å²) in [5.74, 6) is 0.438. The predicted molar refractivity (Wildman–Crippen MR) is 93.1 cm³/mol. The zero-order valence-electron chi connectivity index (χ0n) is 12.7. The van der Waals surface area contributed by atoms with Gasteiger partial charge in [-0.15, -0.1) is 11.8 Å². The highest BCUT2D eigenvalue weighted by Crippen LogP contribution is 2.22. The molecule has 0 fully saturated rings. The summed E-state index contributed by atoms with van der Waals surface area (Å²) in [4.78, 5) is 13.3. The molecule has 1 atom stereocenters. The van der Waals surface area contributed by atoms with Gasteiger partial charge in [-0.05, 0) is 62.1 Å². The van der Waals surface area contributed by atoms with E-state index in [0.29, 0.717) is 10.8 Å². The SMILES string of the molecule is CSc1cccc(NC(=O)C(C)Oc2ccc(Cl)c(C)c2)c1. The summed E-state index contributed by atoms with van der Waals surface area (Å²) in [6.07, 6.45) is 1.40. The molecule has 0 radical (unpaired) electrons. The second-order valence-electron chi connectivity index (χ2n) is 4.89. The number of nitrogens with one attached hydrogen (secondary N) is 1. The molecule has 0 heterocycles. The van der Waals surface area contributed by atoms with Crippen LogP contribution >= 0.6 is 23.4 Å². The zero-order chi connectivity index (χ0) is 16.1. The summed E-state index contributed by atoms with van der Waals surface area (Å²) in [5.41, 5.74) is 1.68. The molecule has 5 heteroatoms. The highest BCUT2D eigenvalue weighted by Gasteiger charge is 2.15. The molecular weight excluding hydrogens is 318 g/mol. The van der Waals surface area contributed by atoms with Crippen molar-refractivity contribution in [2.75, 3.05) is 11.6 Å². The molecule has 0 saturated heterocycles. The Hall–Kier alpha value is -1.65. The minimum absolute atomic E-state index is 0.189. The maximum absolute atomic E-state index is 12.2. The van der Waals surface area contributed by atoms with Crippen molar-refractivity contribution in [2.45, 2.75) is 24.8 Å². The van der Waals surface area contributed by atoms with Crippen LogP contribution in [0.3, 0.4) is 0 Å². The molecule has 2 rings (SSSR count). The number of anilines is 1. The number of aryl methyl sites for hydroxylation is 1. The van der Waals surface area contributed by atoms with E-state index in [0.717, 1.165) is 16.1 Å². The van der Waals surface area contributed by atoms with Gasteiger partial charge in [-0.1, -0.05) is 17.7 Å². The topological polar surface area (TPSA) is 38.3 Å². The van der Waals surface area contributed by atoms with Crippen molar-refractivity contribution in [3.8, 4) is 5.75 Å². The molecule has 2 aromatic rings. The van der Waals surface area contributed by atoms with Crippen LogP contribution in [0.5, 0.6) is 5.75 Å². The number of hydrogen-bond acceptors (Lipinski definition) is 3. The number of carbonyl (C=O) groups is 1. The van der Waals surface area contributed by atoms with Crippen LogP contribution in [0.15, 0.2) is 47.4 Å². The van der Waals surface area contributed by atoms with E-state index in [4.69, 9.17) is 16.3 Å². The molecule has 3 nitrogen and oxygen atoms in total. The summed E-state index contributed by atoms with van der Waals surface area (Å²) in [6, 6.07) is 13.0. The number of hydrogen-bond donors (Lipinski definition) is 1. The van der Waals surface area contributed by atoms with Crippen molar-refractivity contribution >= 4 is 35.0 Å². The molecule has 0 aliphatic heterocycles. The van der Waals surface area contributed by atoms with Gasteiger partial charge in [-0.3, -0.25) is 4.79 Å². The van der Waals surface area contributed by atoms with Crippen LogP contribution in [0.1, 0.15) is 12.5 Å². The van der Waals surface area contributed by atoms with E-state index >= 15 is 0 Å². The van der Waals surface area contributed by atoms with Crippen LogP contribution in [0, 0.1) is 6.92 Å². The van der Waals surface area contributed by atoms with Crippen molar-refractivity contribution in [3.63, 3.8) is 0 Å². The van der Waals surface area contributed by atoms with Crippen LogP contribution in [0.2, 0.25) is 5.02 Å². The molecule has 116 valence electrons. The predicted octanol–water partition coefficient (Wildman–Crippen LogP) is 4.78. The van der Waals surface area contributed by atoms with Crippen molar-refractivity contribution in [1.29, 1.82) is 0 Å². The molecule has 1 unspecified atom stereocenters. The lowest BCUT2D eigenvalue weighted by molar-refractivity contribution is -0.122. The average Bonchev–Trinajstić information content (AvgIpc) is 2.51. The molecule has 0 bridgehead atoms. The third-order valence-corrected chi connectivity index (χ3v) is 4.30. The number of rotatable bonds is 5. The number of thioether (sulfide) groups is 1. The molecule has 1 amide bonds. The number of benzene rings is 2. The fraction of sp³-hybridized carbons (Fsp3) is 0.235. The molecule has 22 heavy (non-hydrogen) atoms. The molecule has 0 aromatic heterocycles. The van der Waals surface area contributed by atoms with Crippen LogP contribution < -0.4 is 10.1 Å². The molecular formula is C17H18ClNO2S. The van der Waals surface area contributed by atoms with E-state index in [1.165, 1.54) is 0 Å². The van der Waals surface area contributed by atoms with Crippen molar-refractivity contribution in [3.05, 3.63) is 53.1 Å². The summed E-state index contributed by atoms with van der Waals surface area (Å²) < 4.78 is 5.66. The average molecular weight is 336 g/mol. The minimum atomic E-state index is -0.599. The van der Waals surface area contributed by atoms with E-state index in [2.05, 4.69) is 5.32 Å². The van der Waals surface area contributed by atoms with E-state index in [-0.39, 0.29) is 5.91 Å². The van der Waals surface area contributed by atoms with Crippen LogP contribution in [-0.2, 0) is 4.79 Å². The maximum Gasteiger partial charge on any atom is 0.265 e. The summed E-state index contributed by atoms with van der Waals surface area (Å²) in [6.45, 7) is 3.62. The van der Waals surface area contributed by atoms with E-state index in [1.54, 1.807) is 30.8 Å². The fourth-order valence-corrected chi connectivity index (χ4v) is 2.47. The Bertz CT molecular complexity index is 675. The summed E-state index contributed by atoms with van der Waals surface area (Å²) >= 11 is 7.61.